The minimum atomic E-state index is -0.104. The van der Waals surface area contributed by atoms with Gasteiger partial charge < -0.3 is 5.32 Å². The van der Waals surface area contributed by atoms with Gasteiger partial charge in [0, 0.05) is 16.3 Å². The lowest BCUT2D eigenvalue weighted by molar-refractivity contribution is -0.117. The molecule has 0 radical (unpaired) electrons. The third-order valence-electron chi connectivity index (χ3n) is 3.57. The van der Waals surface area contributed by atoms with Crippen LogP contribution >= 0.6 is 34.3 Å². The fourth-order valence-electron chi connectivity index (χ4n) is 2.16. The molecule has 2 aromatic heterocycles. The smallest absolute Gasteiger partial charge is 0.239 e. The Bertz CT molecular complexity index is 745. The highest BCUT2D eigenvalue weighted by Crippen LogP contribution is 2.31. The molecule has 0 fully saturated rings. The molecule has 0 unspecified atom stereocenters. The molecule has 0 bridgehead atoms. The van der Waals surface area contributed by atoms with Crippen LogP contribution in [0, 0.1) is 25.2 Å². The Kier molecular flexibility index (Phi) is 6.19. The first kappa shape index (κ1) is 18.0. The number of aryl methyl sites for hydroxylation is 1. The van der Waals surface area contributed by atoms with Crippen LogP contribution in [-0.4, -0.2) is 23.9 Å². The first-order chi connectivity index (χ1) is 10.9. The quantitative estimate of drug-likeness (QED) is 0.822. The van der Waals surface area contributed by atoms with Crippen LogP contribution in [0.15, 0.2) is 12.1 Å². The molecule has 4 nitrogen and oxygen atoms in total. The Labute approximate surface area is 149 Å². The molecule has 23 heavy (non-hydrogen) atoms. The van der Waals surface area contributed by atoms with Gasteiger partial charge in [-0.05, 0) is 38.1 Å². The highest BCUT2D eigenvalue weighted by Gasteiger charge is 2.16. The van der Waals surface area contributed by atoms with Crippen LogP contribution in [0.5, 0.6) is 0 Å². The van der Waals surface area contributed by atoms with Gasteiger partial charge in [0.1, 0.15) is 11.1 Å². The highest BCUT2D eigenvalue weighted by atomic mass is 35.5. The summed E-state index contributed by atoms with van der Waals surface area (Å²) >= 11 is 8.91. The molecular weight excluding hydrogens is 350 g/mol. The van der Waals surface area contributed by atoms with E-state index in [1.807, 2.05) is 37.8 Å². The molecule has 0 aromatic carbocycles. The maximum Gasteiger partial charge on any atom is 0.239 e. The normalized spacial score (nSPS) is 10.8. The summed E-state index contributed by atoms with van der Waals surface area (Å²) in [6.07, 6.45) is 0. The predicted octanol–water partition coefficient (Wildman–Crippen LogP) is 4.41. The van der Waals surface area contributed by atoms with Crippen molar-refractivity contribution >= 4 is 45.2 Å². The summed E-state index contributed by atoms with van der Waals surface area (Å²) in [4.78, 5) is 16.5. The molecule has 0 aliphatic rings. The molecule has 2 rings (SSSR count). The number of halogens is 1. The zero-order valence-corrected chi connectivity index (χ0v) is 15.7. The summed E-state index contributed by atoms with van der Waals surface area (Å²) in [5, 5.41) is 12.7. The molecule has 0 aliphatic carbocycles. The number of rotatable bonds is 6. The number of nitrogens with one attached hydrogen (secondary N) is 1. The first-order valence-corrected chi connectivity index (χ1v) is 9.22. The van der Waals surface area contributed by atoms with E-state index < -0.39 is 0 Å². The van der Waals surface area contributed by atoms with E-state index in [1.54, 1.807) is 0 Å². The molecule has 2 aromatic rings. The fraction of sp³-hybridized carbons (Fsp3) is 0.375. The number of hydrogen-bond acceptors (Lipinski definition) is 5. The van der Waals surface area contributed by atoms with Gasteiger partial charge in [-0.3, -0.25) is 9.69 Å². The molecule has 0 spiro atoms. The summed E-state index contributed by atoms with van der Waals surface area (Å²) in [5.74, 6) is -0.104. The Morgan fingerprint density at radius 3 is 2.70 bits per heavy atom. The van der Waals surface area contributed by atoms with Crippen molar-refractivity contribution < 1.29 is 4.79 Å². The topological polar surface area (TPSA) is 56.1 Å². The number of hydrogen-bond donors (Lipinski definition) is 1. The van der Waals surface area contributed by atoms with E-state index in [9.17, 15) is 10.1 Å². The summed E-state index contributed by atoms with van der Waals surface area (Å²) in [6, 6.07) is 6.02. The number of nitrogens with zero attached hydrogens (tertiary/aromatic N) is 2. The van der Waals surface area contributed by atoms with Crippen LogP contribution in [0.25, 0.3) is 0 Å². The number of anilines is 1. The van der Waals surface area contributed by atoms with E-state index in [1.165, 1.54) is 22.7 Å². The zero-order chi connectivity index (χ0) is 17.0. The van der Waals surface area contributed by atoms with Gasteiger partial charge in [0.25, 0.3) is 0 Å². The molecule has 0 saturated heterocycles. The number of carbonyl (C=O) groups is 1. The fourth-order valence-corrected chi connectivity index (χ4v) is 4.31. The van der Waals surface area contributed by atoms with Crippen molar-refractivity contribution in [2.45, 2.75) is 27.3 Å². The molecule has 1 amide bonds. The average molecular weight is 368 g/mol. The number of nitriles is 1. The van der Waals surface area contributed by atoms with Crippen molar-refractivity contribution in [3.8, 4) is 6.07 Å². The van der Waals surface area contributed by atoms with E-state index >= 15 is 0 Å². The Balaban J connectivity index is 2.00. The number of thiophene rings is 2. The second kappa shape index (κ2) is 7.93. The summed E-state index contributed by atoms with van der Waals surface area (Å²) in [5.41, 5.74) is 1.50. The first-order valence-electron chi connectivity index (χ1n) is 7.21. The SMILES string of the molecule is CCN(CC(=O)Nc1sc(C)c(C)c1C#N)Cc1ccc(Cl)s1. The van der Waals surface area contributed by atoms with Crippen molar-refractivity contribution in [3.05, 3.63) is 37.4 Å². The van der Waals surface area contributed by atoms with Gasteiger partial charge in [-0.15, -0.1) is 22.7 Å². The van der Waals surface area contributed by atoms with Crippen molar-refractivity contribution in [1.29, 1.82) is 5.26 Å². The lowest BCUT2D eigenvalue weighted by Crippen LogP contribution is -2.32. The molecule has 122 valence electrons. The standard InChI is InChI=1S/C16H18ClN3OS2/c1-4-20(8-12-5-6-14(17)23-12)9-15(21)19-16-13(7-18)10(2)11(3)22-16/h5-6H,4,8-9H2,1-3H3,(H,19,21). The molecule has 1 N–H and O–H groups in total. The number of carbonyl (C=O) groups excluding carboxylic acids is 1. The van der Waals surface area contributed by atoms with Gasteiger partial charge in [0.15, 0.2) is 0 Å². The molecular formula is C16H18ClN3OS2. The summed E-state index contributed by atoms with van der Waals surface area (Å²) in [6.45, 7) is 7.61. The molecule has 0 saturated carbocycles. The Morgan fingerprint density at radius 2 is 2.13 bits per heavy atom. The van der Waals surface area contributed by atoms with Gasteiger partial charge >= 0.3 is 0 Å². The predicted molar refractivity (Wildman–Crippen MR) is 97.4 cm³/mol. The van der Waals surface area contributed by atoms with Crippen molar-refractivity contribution in [1.82, 2.24) is 4.90 Å². The van der Waals surface area contributed by atoms with Crippen LogP contribution < -0.4 is 5.32 Å². The lowest BCUT2D eigenvalue weighted by atomic mass is 10.2. The van der Waals surface area contributed by atoms with E-state index in [0.29, 0.717) is 17.1 Å². The third kappa shape index (κ3) is 4.55. The minimum Gasteiger partial charge on any atom is -0.315 e. The highest BCUT2D eigenvalue weighted by molar-refractivity contribution is 7.16. The van der Waals surface area contributed by atoms with E-state index in [4.69, 9.17) is 11.6 Å². The van der Waals surface area contributed by atoms with Crippen molar-refractivity contribution in [2.24, 2.45) is 0 Å². The van der Waals surface area contributed by atoms with Gasteiger partial charge in [-0.25, -0.2) is 0 Å². The van der Waals surface area contributed by atoms with Gasteiger partial charge in [0.05, 0.1) is 16.4 Å². The summed E-state index contributed by atoms with van der Waals surface area (Å²) < 4.78 is 0.753. The number of likely N-dealkylation sites (N-methyl/N-ethyl adjacent to an activating group) is 1. The zero-order valence-electron chi connectivity index (χ0n) is 13.3. The third-order valence-corrected chi connectivity index (χ3v) is 5.91. The van der Waals surface area contributed by atoms with Crippen molar-refractivity contribution in [3.63, 3.8) is 0 Å². The van der Waals surface area contributed by atoms with Gasteiger partial charge in [0.2, 0.25) is 5.91 Å². The van der Waals surface area contributed by atoms with Crippen molar-refractivity contribution in [2.75, 3.05) is 18.4 Å². The Hall–Kier alpha value is -1.39. The van der Waals surface area contributed by atoms with E-state index in [0.717, 1.165) is 26.2 Å². The van der Waals surface area contributed by atoms with Crippen LogP contribution in [0.4, 0.5) is 5.00 Å². The van der Waals surface area contributed by atoms with Crippen LogP contribution in [0.2, 0.25) is 4.34 Å². The molecule has 0 atom stereocenters. The van der Waals surface area contributed by atoms with E-state index in [-0.39, 0.29) is 12.5 Å². The van der Waals surface area contributed by atoms with Crippen LogP contribution in [0.3, 0.4) is 0 Å². The monoisotopic (exact) mass is 367 g/mol. The maximum atomic E-state index is 12.3. The summed E-state index contributed by atoms with van der Waals surface area (Å²) in [7, 11) is 0. The second-order valence-electron chi connectivity index (χ2n) is 5.16. The van der Waals surface area contributed by atoms with E-state index in [2.05, 4.69) is 11.4 Å². The molecule has 2 heterocycles. The van der Waals surface area contributed by atoms with Gasteiger partial charge in [-0.1, -0.05) is 18.5 Å². The van der Waals surface area contributed by atoms with Gasteiger partial charge in [-0.2, -0.15) is 5.26 Å². The average Bonchev–Trinajstić information content (AvgIpc) is 3.02. The minimum absolute atomic E-state index is 0.104. The molecule has 7 heteroatoms. The maximum absolute atomic E-state index is 12.3. The lowest BCUT2D eigenvalue weighted by Gasteiger charge is -2.18. The van der Waals surface area contributed by atoms with Crippen LogP contribution in [-0.2, 0) is 11.3 Å². The Morgan fingerprint density at radius 1 is 1.39 bits per heavy atom. The number of amides is 1. The largest absolute Gasteiger partial charge is 0.315 e. The van der Waals surface area contributed by atoms with Crippen LogP contribution in [0.1, 0.15) is 27.8 Å². The second-order valence-corrected chi connectivity index (χ2v) is 8.18. The molecule has 0 aliphatic heterocycles.